The minimum Gasteiger partial charge on any atom is -0.489 e. The van der Waals surface area contributed by atoms with Gasteiger partial charge in [-0.2, -0.15) is 0 Å². The zero-order chi connectivity index (χ0) is 21.7. The van der Waals surface area contributed by atoms with E-state index >= 15 is 0 Å². The van der Waals surface area contributed by atoms with Gasteiger partial charge in [-0.05, 0) is 12.1 Å². The average molecular weight is 414 g/mol. The molecule has 1 aromatic carbocycles. The number of benzene rings is 1. The van der Waals surface area contributed by atoms with Crippen molar-refractivity contribution in [3.8, 4) is 17.4 Å². The van der Waals surface area contributed by atoms with E-state index in [1.54, 1.807) is 6.07 Å². The summed E-state index contributed by atoms with van der Waals surface area (Å²) < 4.78 is 30.1. The third kappa shape index (κ3) is 4.72. The van der Waals surface area contributed by atoms with Crippen LogP contribution in [0.25, 0.3) is 10.9 Å². The van der Waals surface area contributed by atoms with E-state index in [1.165, 1.54) is 38.5 Å². The fourth-order valence-corrected chi connectivity index (χ4v) is 2.63. The van der Waals surface area contributed by atoms with Crippen LogP contribution in [0, 0.1) is 5.82 Å². The van der Waals surface area contributed by atoms with Gasteiger partial charge in [-0.3, -0.25) is 14.6 Å². The molecule has 0 saturated heterocycles. The number of amides is 1. The van der Waals surface area contributed by atoms with Crippen molar-refractivity contribution < 1.29 is 28.2 Å². The van der Waals surface area contributed by atoms with Crippen LogP contribution in [0.15, 0.2) is 36.7 Å². The minimum atomic E-state index is -0.725. The van der Waals surface area contributed by atoms with Gasteiger partial charge in [0.15, 0.2) is 5.82 Å². The van der Waals surface area contributed by atoms with Gasteiger partial charge in [-0.25, -0.2) is 9.37 Å². The van der Waals surface area contributed by atoms with Crippen molar-refractivity contribution in [2.75, 3.05) is 26.0 Å². The smallest absolute Gasteiger partial charge is 0.302 e. The van der Waals surface area contributed by atoms with E-state index in [9.17, 15) is 14.0 Å². The van der Waals surface area contributed by atoms with E-state index in [2.05, 4.69) is 15.3 Å². The number of halogens is 1. The lowest BCUT2D eigenvalue weighted by molar-refractivity contribution is -0.141. The number of carbonyl (C=O) groups excluding carboxylic acids is 2. The summed E-state index contributed by atoms with van der Waals surface area (Å²) in [6.07, 6.45) is 2.74. The van der Waals surface area contributed by atoms with Crippen LogP contribution >= 0.6 is 0 Å². The summed E-state index contributed by atoms with van der Waals surface area (Å²) in [7, 11) is 1.48. The highest BCUT2D eigenvalue weighted by atomic mass is 19.1. The quantitative estimate of drug-likeness (QED) is 0.446. The van der Waals surface area contributed by atoms with Crippen molar-refractivity contribution in [1.82, 2.24) is 15.3 Å². The summed E-state index contributed by atoms with van der Waals surface area (Å²) in [4.78, 5) is 31.3. The van der Waals surface area contributed by atoms with Crippen LogP contribution in [0.4, 0.5) is 10.1 Å². The van der Waals surface area contributed by atoms with Gasteiger partial charge >= 0.3 is 5.97 Å². The summed E-state index contributed by atoms with van der Waals surface area (Å²) in [6, 6.07) is 5.69. The second kappa shape index (κ2) is 9.03. The van der Waals surface area contributed by atoms with Gasteiger partial charge in [-0.15, -0.1) is 0 Å². The summed E-state index contributed by atoms with van der Waals surface area (Å²) in [5.41, 5.74) is 6.32. The molecule has 2 heterocycles. The molecular formula is C20H19FN4O5. The highest BCUT2D eigenvalue weighted by Gasteiger charge is 2.17. The third-order valence-electron chi connectivity index (χ3n) is 3.96. The van der Waals surface area contributed by atoms with E-state index in [-0.39, 0.29) is 41.8 Å². The summed E-state index contributed by atoms with van der Waals surface area (Å²) >= 11 is 0. The molecule has 0 aliphatic rings. The van der Waals surface area contributed by atoms with Crippen molar-refractivity contribution in [2.45, 2.75) is 6.92 Å². The Morgan fingerprint density at radius 2 is 1.97 bits per heavy atom. The number of esters is 1. The lowest BCUT2D eigenvalue weighted by Gasteiger charge is -2.14. The molecule has 3 aromatic rings. The molecule has 9 nitrogen and oxygen atoms in total. The van der Waals surface area contributed by atoms with Crippen LogP contribution in [0.3, 0.4) is 0 Å². The molecule has 2 aromatic heterocycles. The van der Waals surface area contributed by atoms with Gasteiger partial charge in [0.2, 0.25) is 0 Å². The van der Waals surface area contributed by atoms with Gasteiger partial charge in [0, 0.05) is 37.7 Å². The number of rotatable bonds is 7. The second-order valence-corrected chi connectivity index (χ2v) is 6.10. The number of aromatic nitrogens is 2. The molecular weight excluding hydrogens is 395 g/mol. The molecule has 0 bridgehead atoms. The first kappa shape index (κ1) is 20.8. The molecule has 0 aliphatic heterocycles. The fraction of sp³-hybridized carbons (Fsp3) is 0.200. The molecule has 0 radical (unpaired) electrons. The first-order valence-electron chi connectivity index (χ1n) is 8.89. The highest BCUT2D eigenvalue weighted by Crippen LogP contribution is 2.33. The highest BCUT2D eigenvalue weighted by molar-refractivity contribution is 6.02. The average Bonchev–Trinajstić information content (AvgIpc) is 2.72. The van der Waals surface area contributed by atoms with Gasteiger partial charge in [0.25, 0.3) is 11.8 Å². The van der Waals surface area contributed by atoms with E-state index in [4.69, 9.17) is 19.9 Å². The van der Waals surface area contributed by atoms with E-state index in [0.29, 0.717) is 10.9 Å². The minimum absolute atomic E-state index is 0.0270. The topological polar surface area (TPSA) is 126 Å². The van der Waals surface area contributed by atoms with Crippen LogP contribution in [-0.4, -0.2) is 42.1 Å². The number of nitrogen functional groups attached to an aromatic ring is 1. The summed E-state index contributed by atoms with van der Waals surface area (Å²) in [5, 5.41) is 2.97. The van der Waals surface area contributed by atoms with Crippen molar-refractivity contribution in [3.05, 3.63) is 48.0 Å². The monoisotopic (exact) mass is 414 g/mol. The molecule has 0 saturated carbocycles. The summed E-state index contributed by atoms with van der Waals surface area (Å²) in [5.74, 6) is -1.35. The molecule has 3 N–H and O–H groups in total. The van der Waals surface area contributed by atoms with E-state index in [1.807, 2.05) is 0 Å². The zero-order valence-electron chi connectivity index (χ0n) is 16.3. The Hall–Kier alpha value is -3.95. The fourth-order valence-electron chi connectivity index (χ4n) is 2.63. The Bertz CT molecular complexity index is 1110. The number of pyridine rings is 2. The van der Waals surface area contributed by atoms with Gasteiger partial charge in [0.1, 0.15) is 24.7 Å². The Morgan fingerprint density at radius 3 is 2.67 bits per heavy atom. The number of ether oxygens (including phenoxy) is 3. The number of fused-ring (bicyclic) bond motifs is 1. The van der Waals surface area contributed by atoms with Crippen LogP contribution in [0.2, 0.25) is 0 Å². The maximum atomic E-state index is 14.1. The van der Waals surface area contributed by atoms with Gasteiger partial charge < -0.3 is 25.3 Å². The van der Waals surface area contributed by atoms with Crippen molar-refractivity contribution in [3.63, 3.8) is 0 Å². The molecule has 0 unspecified atom stereocenters. The Labute approximate surface area is 171 Å². The number of nitrogens with one attached hydrogen (secondary N) is 1. The second-order valence-electron chi connectivity index (χ2n) is 6.10. The Kier molecular flexibility index (Phi) is 6.26. The molecule has 3 rings (SSSR count). The molecule has 0 fully saturated rings. The molecule has 1 amide bonds. The van der Waals surface area contributed by atoms with Crippen LogP contribution in [0.5, 0.6) is 17.4 Å². The number of anilines is 1. The lowest BCUT2D eigenvalue weighted by atomic mass is 10.1. The van der Waals surface area contributed by atoms with E-state index in [0.717, 1.165) is 6.07 Å². The number of nitrogens with zero attached hydrogens (tertiary/aromatic N) is 2. The van der Waals surface area contributed by atoms with Crippen molar-refractivity contribution >= 4 is 28.5 Å². The van der Waals surface area contributed by atoms with Crippen molar-refractivity contribution in [1.29, 1.82) is 0 Å². The van der Waals surface area contributed by atoms with Crippen LogP contribution in [0.1, 0.15) is 17.3 Å². The predicted octanol–water partition coefficient (Wildman–Crippen LogP) is 2.44. The van der Waals surface area contributed by atoms with Crippen LogP contribution in [-0.2, 0) is 9.53 Å². The lowest BCUT2D eigenvalue weighted by Crippen LogP contribution is -2.20. The zero-order valence-corrected chi connectivity index (χ0v) is 16.3. The largest absolute Gasteiger partial charge is 0.489 e. The standard InChI is InChI=1S/C20H19FN4O5/c1-11(26)28-5-6-29-18-9-16-13(8-14(18)19(27)23-2)17(3-4-24-16)30-20-15(21)7-12(22)10-25-20/h3-4,7-10H,5-6,22H2,1-2H3,(H,23,27). The van der Waals surface area contributed by atoms with Gasteiger partial charge in [0.05, 0.1) is 23.0 Å². The number of nitrogens with two attached hydrogens (primary N) is 1. The molecule has 0 spiro atoms. The first-order chi connectivity index (χ1) is 14.4. The summed E-state index contributed by atoms with van der Waals surface area (Å²) in [6.45, 7) is 1.36. The SMILES string of the molecule is CNC(=O)c1cc2c(Oc3ncc(N)cc3F)ccnc2cc1OCCOC(C)=O. The molecule has 156 valence electrons. The number of carbonyl (C=O) groups is 2. The first-order valence-corrected chi connectivity index (χ1v) is 8.89. The third-order valence-corrected chi connectivity index (χ3v) is 3.96. The molecule has 30 heavy (non-hydrogen) atoms. The maximum absolute atomic E-state index is 14.1. The molecule has 0 atom stereocenters. The normalized spacial score (nSPS) is 10.5. The van der Waals surface area contributed by atoms with Gasteiger partial charge in [-0.1, -0.05) is 0 Å². The Morgan fingerprint density at radius 1 is 1.17 bits per heavy atom. The Balaban J connectivity index is 1.98. The van der Waals surface area contributed by atoms with Crippen molar-refractivity contribution in [2.24, 2.45) is 0 Å². The van der Waals surface area contributed by atoms with Crippen LogP contribution < -0.4 is 20.5 Å². The maximum Gasteiger partial charge on any atom is 0.302 e. The molecule has 0 aliphatic carbocycles. The number of hydrogen-bond acceptors (Lipinski definition) is 8. The number of hydrogen-bond donors (Lipinski definition) is 2. The van der Waals surface area contributed by atoms with E-state index < -0.39 is 17.7 Å². The molecule has 10 heteroatoms. The predicted molar refractivity (Wildman–Crippen MR) is 106 cm³/mol.